The summed E-state index contributed by atoms with van der Waals surface area (Å²) in [5.41, 5.74) is 1.93. The van der Waals surface area contributed by atoms with E-state index in [1.54, 1.807) is 12.1 Å². The van der Waals surface area contributed by atoms with Gasteiger partial charge in [0.2, 0.25) is 0 Å². The van der Waals surface area contributed by atoms with Gasteiger partial charge in [0.25, 0.3) is 0 Å². The Balaban J connectivity index is 1.99. The molecule has 1 unspecified atom stereocenters. The molecule has 1 saturated heterocycles. The fourth-order valence-electron chi connectivity index (χ4n) is 3.69. The molecule has 0 aliphatic carbocycles. The number of hydrogen-bond acceptors (Lipinski definition) is 2. The molecule has 2 heterocycles. The first kappa shape index (κ1) is 12.7. The second-order valence-corrected chi connectivity index (χ2v) is 6.09. The Hall–Kier alpha value is -2.03. The van der Waals surface area contributed by atoms with Gasteiger partial charge in [0, 0.05) is 18.2 Å². The molecule has 2 aliphatic rings. The number of ether oxygens (including phenoxy) is 1. The smallest absolute Gasteiger partial charge is 0.150 e. The molecule has 0 spiro atoms. The van der Waals surface area contributed by atoms with Crippen LogP contribution < -0.4 is 9.64 Å². The van der Waals surface area contributed by atoms with Crippen molar-refractivity contribution in [2.24, 2.45) is 0 Å². The van der Waals surface area contributed by atoms with Gasteiger partial charge in [-0.1, -0.05) is 18.2 Å². The predicted molar refractivity (Wildman–Crippen MR) is 81.5 cm³/mol. The Morgan fingerprint density at radius 3 is 2.86 bits per heavy atom. The topological polar surface area (TPSA) is 12.5 Å². The summed E-state index contributed by atoms with van der Waals surface area (Å²) in [7, 11) is 0. The van der Waals surface area contributed by atoms with Crippen molar-refractivity contribution in [2.45, 2.75) is 31.7 Å². The molecule has 0 aromatic heterocycles. The fraction of sp³-hybridized carbons (Fsp3) is 0.333. The lowest BCUT2D eigenvalue weighted by Gasteiger charge is -2.46. The highest BCUT2D eigenvalue weighted by atomic mass is 19.1. The molecule has 21 heavy (non-hydrogen) atoms. The summed E-state index contributed by atoms with van der Waals surface area (Å²) in [6, 6.07) is 13.0. The van der Waals surface area contributed by atoms with Gasteiger partial charge in [0.1, 0.15) is 11.6 Å². The molecule has 3 heteroatoms. The van der Waals surface area contributed by atoms with Crippen LogP contribution >= 0.6 is 0 Å². The van der Waals surface area contributed by atoms with E-state index in [1.807, 2.05) is 12.1 Å². The highest BCUT2D eigenvalue weighted by Crippen LogP contribution is 2.50. The van der Waals surface area contributed by atoms with Crippen molar-refractivity contribution >= 4 is 5.69 Å². The Morgan fingerprint density at radius 2 is 1.95 bits per heavy atom. The largest absolute Gasteiger partial charge is 0.455 e. The number of para-hydroxylation sites is 1. The zero-order valence-electron chi connectivity index (χ0n) is 12.1. The maximum absolute atomic E-state index is 13.8. The molecule has 0 amide bonds. The molecular weight excluding hydrogens is 265 g/mol. The SMILES string of the molecule is CC12CCCCN1c1cc(F)ccc1Oc1ccccc12. The van der Waals surface area contributed by atoms with Crippen LogP contribution in [0.1, 0.15) is 31.7 Å². The van der Waals surface area contributed by atoms with E-state index in [0.717, 1.165) is 36.6 Å². The van der Waals surface area contributed by atoms with Gasteiger partial charge in [0.15, 0.2) is 5.75 Å². The zero-order valence-corrected chi connectivity index (χ0v) is 12.1. The number of halogens is 1. The van der Waals surface area contributed by atoms with E-state index in [-0.39, 0.29) is 11.4 Å². The quantitative estimate of drug-likeness (QED) is 0.686. The Kier molecular flexibility index (Phi) is 2.71. The van der Waals surface area contributed by atoms with Gasteiger partial charge in [-0.25, -0.2) is 4.39 Å². The number of fused-ring (bicyclic) bond motifs is 5. The molecule has 2 aromatic carbocycles. The average Bonchev–Trinajstić information content (AvgIpc) is 2.60. The van der Waals surface area contributed by atoms with Crippen molar-refractivity contribution in [2.75, 3.05) is 11.4 Å². The number of piperidine rings is 1. The summed E-state index contributed by atoms with van der Waals surface area (Å²) in [5, 5.41) is 0. The molecular formula is C18H18FNO. The van der Waals surface area contributed by atoms with Crippen molar-refractivity contribution in [3.05, 3.63) is 53.8 Å². The molecule has 108 valence electrons. The lowest BCUT2D eigenvalue weighted by atomic mass is 9.81. The van der Waals surface area contributed by atoms with Gasteiger partial charge >= 0.3 is 0 Å². The number of benzene rings is 2. The van der Waals surface area contributed by atoms with E-state index < -0.39 is 0 Å². The third-order valence-corrected chi connectivity index (χ3v) is 4.79. The molecule has 0 N–H and O–H groups in total. The molecule has 1 atom stereocenters. The zero-order chi connectivity index (χ0) is 14.4. The summed E-state index contributed by atoms with van der Waals surface area (Å²) < 4.78 is 19.9. The first-order valence-corrected chi connectivity index (χ1v) is 7.53. The Labute approximate surface area is 124 Å². The van der Waals surface area contributed by atoms with Crippen molar-refractivity contribution in [1.82, 2.24) is 0 Å². The molecule has 2 nitrogen and oxygen atoms in total. The molecule has 2 aromatic rings. The average molecular weight is 283 g/mol. The maximum atomic E-state index is 13.8. The van der Waals surface area contributed by atoms with Crippen molar-refractivity contribution < 1.29 is 9.13 Å². The van der Waals surface area contributed by atoms with Crippen molar-refractivity contribution in [3.63, 3.8) is 0 Å². The first-order chi connectivity index (χ1) is 10.2. The third kappa shape index (κ3) is 1.84. The molecule has 0 bridgehead atoms. The summed E-state index contributed by atoms with van der Waals surface area (Å²) in [6.45, 7) is 3.18. The van der Waals surface area contributed by atoms with E-state index >= 15 is 0 Å². The van der Waals surface area contributed by atoms with Gasteiger partial charge in [-0.05, 0) is 44.4 Å². The Morgan fingerprint density at radius 1 is 1.10 bits per heavy atom. The number of anilines is 1. The Bertz CT molecular complexity index is 699. The van der Waals surface area contributed by atoms with E-state index in [0.29, 0.717) is 0 Å². The third-order valence-electron chi connectivity index (χ3n) is 4.79. The molecule has 2 aliphatic heterocycles. The van der Waals surface area contributed by atoms with Crippen LogP contribution in [0.5, 0.6) is 11.5 Å². The van der Waals surface area contributed by atoms with Crippen LogP contribution in [0.4, 0.5) is 10.1 Å². The van der Waals surface area contributed by atoms with E-state index in [1.165, 1.54) is 18.1 Å². The first-order valence-electron chi connectivity index (χ1n) is 7.53. The van der Waals surface area contributed by atoms with Crippen LogP contribution in [-0.4, -0.2) is 6.54 Å². The van der Waals surface area contributed by atoms with Gasteiger partial charge < -0.3 is 9.64 Å². The van der Waals surface area contributed by atoms with Gasteiger partial charge in [0.05, 0.1) is 11.2 Å². The lowest BCUT2D eigenvalue weighted by molar-refractivity contribution is 0.341. The summed E-state index contributed by atoms with van der Waals surface area (Å²) in [5.74, 6) is 1.42. The van der Waals surface area contributed by atoms with Crippen molar-refractivity contribution in [3.8, 4) is 11.5 Å². The number of hydrogen-bond donors (Lipinski definition) is 0. The van der Waals surface area contributed by atoms with E-state index in [2.05, 4.69) is 24.0 Å². The molecule has 4 rings (SSSR count). The van der Waals surface area contributed by atoms with Crippen LogP contribution in [-0.2, 0) is 5.54 Å². The van der Waals surface area contributed by atoms with Crippen LogP contribution in [0.15, 0.2) is 42.5 Å². The highest BCUT2D eigenvalue weighted by Gasteiger charge is 2.41. The van der Waals surface area contributed by atoms with Crippen molar-refractivity contribution in [1.29, 1.82) is 0 Å². The summed E-state index contributed by atoms with van der Waals surface area (Å²) in [4.78, 5) is 2.32. The standard InChI is InChI=1S/C18H18FNO/c1-18-10-4-5-11-20(18)15-12-13(19)8-9-17(15)21-16-7-3-2-6-14(16)18/h2-3,6-9,12H,4-5,10-11H2,1H3. The highest BCUT2D eigenvalue weighted by molar-refractivity contribution is 5.66. The minimum atomic E-state index is -0.212. The second kappa shape index (κ2) is 4.48. The van der Waals surface area contributed by atoms with Gasteiger partial charge in [-0.2, -0.15) is 0 Å². The number of nitrogens with zero attached hydrogens (tertiary/aromatic N) is 1. The maximum Gasteiger partial charge on any atom is 0.150 e. The van der Waals surface area contributed by atoms with Gasteiger partial charge in [-0.3, -0.25) is 0 Å². The van der Waals surface area contributed by atoms with Crippen LogP contribution in [0.3, 0.4) is 0 Å². The van der Waals surface area contributed by atoms with Crippen LogP contribution in [0.25, 0.3) is 0 Å². The normalized spacial score (nSPS) is 23.4. The minimum absolute atomic E-state index is 0.131. The predicted octanol–water partition coefficient (Wildman–Crippen LogP) is 4.84. The van der Waals surface area contributed by atoms with E-state index in [4.69, 9.17) is 4.74 Å². The van der Waals surface area contributed by atoms with Crippen LogP contribution in [0, 0.1) is 5.82 Å². The molecule has 1 fully saturated rings. The summed E-state index contributed by atoms with van der Waals surface area (Å²) >= 11 is 0. The monoisotopic (exact) mass is 283 g/mol. The summed E-state index contributed by atoms with van der Waals surface area (Å²) in [6.07, 6.45) is 3.38. The fourth-order valence-corrected chi connectivity index (χ4v) is 3.69. The van der Waals surface area contributed by atoms with E-state index in [9.17, 15) is 4.39 Å². The second-order valence-electron chi connectivity index (χ2n) is 6.09. The molecule has 0 radical (unpaired) electrons. The number of rotatable bonds is 0. The van der Waals surface area contributed by atoms with Gasteiger partial charge in [-0.15, -0.1) is 0 Å². The molecule has 0 saturated carbocycles. The minimum Gasteiger partial charge on any atom is -0.455 e. The lowest BCUT2D eigenvalue weighted by Crippen LogP contribution is -2.47. The van der Waals surface area contributed by atoms with Crippen LogP contribution in [0.2, 0.25) is 0 Å².